The molecule has 0 unspecified atom stereocenters. The lowest BCUT2D eigenvalue weighted by Crippen LogP contribution is -2.37. The van der Waals surface area contributed by atoms with Crippen LogP contribution in [0.5, 0.6) is 0 Å². The molecule has 0 atom stereocenters. The fourth-order valence-corrected chi connectivity index (χ4v) is 3.60. The Morgan fingerprint density at radius 1 is 1.29 bits per heavy atom. The summed E-state index contributed by atoms with van der Waals surface area (Å²) in [4.78, 5) is 12.2. The van der Waals surface area contributed by atoms with E-state index in [1.165, 1.54) is 12.1 Å². The molecule has 0 aromatic heterocycles. The van der Waals surface area contributed by atoms with Gasteiger partial charge in [-0.25, -0.2) is 12.8 Å². The fourth-order valence-electron chi connectivity index (χ4n) is 1.94. The van der Waals surface area contributed by atoms with Crippen LogP contribution < -0.4 is 9.62 Å². The van der Waals surface area contributed by atoms with Crippen molar-refractivity contribution in [1.29, 1.82) is 0 Å². The van der Waals surface area contributed by atoms with Gasteiger partial charge in [0.1, 0.15) is 12.4 Å². The molecule has 0 heterocycles. The Morgan fingerprint density at radius 3 is 2.54 bits per heavy atom. The van der Waals surface area contributed by atoms with Gasteiger partial charge in [0.05, 0.1) is 17.0 Å². The second-order valence-corrected chi connectivity index (χ2v) is 8.07. The Morgan fingerprint density at radius 2 is 1.96 bits per heavy atom. The minimum Gasteiger partial charge on any atom is -0.324 e. The van der Waals surface area contributed by atoms with Gasteiger partial charge in [0.2, 0.25) is 15.9 Å². The Kier molecular flexibility index (Phi) is 5.84. The maximum atomic E-state index is 13.1. The topological polar surface area (TPSA) is 66.5 Å². The van der Waals surface area contributed by atoms with E-state index in [1.807, 2.05) is 0 Å². The molecule has 1 N–H and O–H groups in total. The third kappa shape index (κ3) is 4.68. The van der Waals surface area contributed by atoms with Gasteiger partial charge in [-0.1, -0.05) is 23.7 Å². The maximum absolute atomic E-state index is 13.1. The molecule has 0 bridgehead atoms. The largest absolute Gasteiger partial charge is 0.324 e. The van der Waals surface area contributed by atoms with Crippen LogP contribution in [0, 0.1) is 5.82 Å². The number of sulfonamides is 1. The van der Waals surface area contributed by atoms with Crippen molar-refractivity contribution < 1.29 is 17.6 Å². The summed E-state index contributed by atoms with van der Waals surface area (Å²) in [6.45, 7) is -0.434. The van der Waals surface area contributed by atoms with Gasteiger partial charge in [-0.15, -0.1) is 0 Å². The Bertz CT molecular complexity index is 877. The van der Waals surface area contributed by atoms with Crippen LogP contribution in [0.2, 0.25) is 5.02 Å². The molecule has 0 spiro atoms. The zero-order valence-electron chi connectivity index (χ0n) is 12.5. The molecule has 0 fully saturated rings. The van der Waals surface area contributed by atoms with Gasteiger partial charge in [-0.3, -0.25) is 9.10 Å². The van der Waals surface area contributed by atoms with E-state index < -0.39 is 28.3 Å². The molecule has 0 aliphatic rings. The summed E-state index contributed by atoms with van der Waals surface area (Å²) in [5, 5.41) is 2.35. The van der Waals surface area contributed by atoms with Crippen LogP contribution in [-0.4, -0.2) is 27.1 Å². The Labute approximate surface area is 152 Å². The van der Waals surface area contributed by atoms with Gasteiger partial charge in [-0.05, 0) is 46.3 Å². The molecule has 128 valence electrons. The molecule has 2 aromatic rings. The van der Waals surface area contributed by atoms with Gasteiger partial charge in [0, 0.05) is 10.2 Å². The smallest absolute Gasteiger partial charge is 0.245 e. The van der Waals surface area contributed by atoms with Gasteiger partial charge >= 0.3 is 0 Å². The number of amides is 1. The van der Waals surface area contributed by atoms with Gasteiger partial charge in [0.25, 0.3) is 0 Å². The Hall–Kier alpha value is -1.64. The van der Waals surface area contributed by atoms with E-state index in [1.54, 1.807) is 24.3 Å². The number of carbonyl (C=O) groups is 1. The number of para-hydroxylation sites is 1. The molecular weight excluding hydrogens is 423 g/mol. The number of carbonyl (C=O) groups excluding carboxylic acids is 1. The lowest BCUT2D eigenvalue weighted by atomic mass is 10.3. The third-order valence-electron chi connectivity index (χ3n) is 3.01. The first-order valence-corrected chi connectivity index (χ1v) is 9.67. The number of hydrogen-bond acceptors (Lipinski definition) is 3. The van der Waals surface area contributed by atoms with Crippen molar-refractivity contribution in [3.8, 4) is 0 Å². The van der Waals surface area contributed by atoms with Gasteiger partial charge < -0.3 is 5.32 Å². The maximum Gasteiger partial charge on any atom is 0.245 e. The van der Waals surface area contributed by atoms with E-state index in [9.17, 15) is 17.6 Å². The third-order valence-corrected chi connectivity index (χ3v) is 5.10. The first kappa shape index (κ1) is 18.7. The van der Waals surface area contributed by atoms with Gasteiger partial charge in [0.15, 0.2) is 0 Å². The average molecular weight is 436 g/mol. The normalized spacial score (nSPS) is 11.2. The molecule has 0 aliphatic heterocycles. The molecule has 1 amide bonds. The molecule has 0 radical (unpaired) electrons. The highest BCUT2D eigenvalue weighted by atomic mass is 79.9. The number of nitrogens with one attached hydrogen (secondary N) is 1. The molecular formula is C15H13BrClFN2O3S. The number of nitrogens with zero attached hydrogens (tertiary/aromatic N) is 1. The van der Waals surface area contributed by atoms with E-state index in [0.717, 1.165) is 16.6 Å². The molecule has 5 nitrogen and oxygen atoms in total. The first-order chi connectivity index (χ1) is 11.2. The highest BCUT2D eigenvalue weighted by Crippen LogP contribution is 2.27. The molecule has 0 saturated heterocycles. The molecule has 0 aliphatic carbocycles. The summed E-state index contributed by atoms with van der Waals surface area (Å²) in [6, 6.07) is 10.3. The quantitative estimate of drug-likeness (QED) is 0.780. The highest BCUT2D eigenvalue weighted by Gasteiger charge is 2.22. The van der Waals surface area contributed by atoms with E-state index >= 15 is 0 Å². The second kappa shape index (κ2) is 7.50. The zero-order chi connectivity index (χ0) is 17.9. The van der Waals surface area contributed by atoms with E-state index in [0.29, 0.717) is 10.2 Å². The molecule has 2 aromatic carbocycles. The van der Waals surface area contributed by atoms with Crippen molar-refractivity contribution in [3.05, 3.63) is 57.8 Å². The van der Waals surface area contributed by atoms with Crippen LogP contribution in [0.1, 0.15) is 0 Å². The van der Waals surface area contributed by atoms with Crippen molar-refractivity contribution in [2.24, 2.45) is 0 Å². The van der Waals surface area contributed by atoms with Crippen molar-refractivity contribution in [1.82, 2.24) is 0 Å². The molecule has 2 rings (SSSR count). The van der Waals surface area contributed by atoms with E-state index in [2.05, 4.69) is 21.2 Å². The van der Waals surface area contributed by atoms with Crippen molar-refractivity contribution in [3.63, 3.8) is 0 Å². The minimum atomic E-state index is -3.69. The van der Waals surface area contributed by atoms with Gasteiger partial charge in [-0.2, -0.15) is 0 Å². The summed E-state index contributed by atoms with van der Waals surface area (Å²) in [5.74, 6) is -1.19. The SMILES string of the molecule is CS(=O)(=O)N(CC(=O)Nc1ccc(F)c(Cl)c1)c1ccccc1Br. The molecule has 9 heteroatoms. The average Bonchev–Trinajstić information content (AvgIpc) is 2.48. The van der Waals surface area contributed by atoms with Crippen LogP contribution in [0.15, 0.2) is 46.9 Å². The van der Waals surface area contributed by atoms with Crippen LogP contribution >= 0.6 is 27.5 Å². The zero-order valence-corrected chi connectivity index (χ0v) is 15.6. The molecule has 0 saturated carbocycles. The number of halogens is 3. The summed E-state index contributed by atoms with van der Waals surface area (Å²) >= 11 is 8.92. The second-order valence-electron chi connectivity index (χ2n) is 4.90. The lowest BCUT2D eigenvalue weighted by molar-refractivity contribution is -0.114. The Balaban J connectivity index is 2.22. The van der Waals surface area contributed by atoms with E-state index in [4.69, 9.17) is 11.6 Å². The van der Waals surface area contributed by atoms with Crippen LogP contribution in [-0.2, 0) is 14.8 Å². The molecule has 24 heavy (non-hydrogen) atoms. The number of benzene rings is 2. The summed E-state index contributed by atoms with van der Waals surface area (Å²) < 4.78 is 38.7. The summed E-state index contributed by atoms with van der Waals surface area (Å²) in [5.41, 5.74) is 0.610. The fraction of sp³-hybridized carbons (Fsp3) is 0.133. The van der Waals surface area contributed by atoms with Crippen molar-refractivity contribution >= 4 is 54.8 Å². The number of rotatable bonds is 5. The van der Waals surface area contributed by atoms with Crippen LogP contribution in [0.25, 0.3) is 0 Å². The predicted molar refractivity (Wildman–Crippen MR) is 96.4 cm³/mol. The van der Waals surface area contributed by atoms with Crippen LogP contribution in [0.4, 0.5) is 15.8 Å². The highest BCUT2D eigenvalue weighted by molar-refractivity contribution is 9.10. The minimum absolute atomic E-state index is 0.140. The standard InChI is InChI=1S/C15H13BrClFN2O3S/c1-24(22,23)20(14-5-3-2-4-11(14)16)9-15(21)19-10-6-7-13(18)12(17)8-10/h2-8H,9H2,1H3,(H,19,21). The number of anilines is 2. The van der Waals surface area contributed by atoms with E-state index in [-0.39, 0.29) is 10.7 Å². The van der Waals surface area contributed by atoms with Crippen molar-refractivity contribution in [2.75, 3.05) is 22.4 Å². The lowest BCUT2D eigenvalue weighted by Gasteiger charge is -2.23. The summed E-state index contributed by atoms with van der Waals surface area (Å²) in [6.07, 6.45) is 1.01. The van der Waals surface area contributed by atoms with Crippen LogP contribution in [0.3, 0.4) is 0 Å². The van der Waals surface area contributed by atoms with Crippen molar-refractivity contribution in [2.45, 2.75) is 0 Å². The number of hydrogen-bond donors (Lipinski definition) is 1. The first-order valence-electron chi connectivity index (χ1n) is 6.65. The predicted octanol–water partition coefficient (Wildman–Crippen LogP) is 3.65. The summed E-state index contributed by atoms with van der Waals surface area (Å²) in [7, 11) is -3.69. The monoisotopic (exact) mass is 434 g/mol.